The molecule has 2 rings (SSSR count). The van der Waals surface area contributed by atoms with E-state index in [2.05, 4.69) is 21.3 Å². The van der Waals surface area contributed by atoms with E-state index in [1.807, 2.05) is 27.7 Å². The van der Waals surface area contributed by atoms with Crippen LogP contribution in [0.1, 0.15) is 40.5 Å². The Morgan fingerprint density at radius 3 is 1.17 bits per heavy atom. The first-order valence-corrected chi connectivity index (χ1v) is 17.4. The number of nitrogens with one attached hydrogen (secondary N) is 4. The van der Waals surface area contributed by atoms with E-state index >= 15 is 0 Å². The van der Waals surface area contributed by atoms with Crippen LogP contribution in [0.4, 0.5) is 0 Å². The van der Waals surface area contributed by atoms with Gasteiger partial charge in [0.25, 0.3) is 0 Å². The van der Waals surface area contributed by atoms with E-state index in [-0.39, 0.29) is 40.4 Å². The maximum absolute atomic E-state index is 13.2. The van der Waals surface area contributed by atoms with Gasteiger partial charge >= 0.3 is 29.0 Å². The average molecular weight is 733 g/mol. The number of methoxy groups -OCH3 is 2. The molecule has 12 nitrogen and oxygen atoms in total. The molecule has 258 valence electrons. The van der Waals surface area contributed by atoms with Gasteiger partial charge in [-0.2, -0.15) is 0 Å². The first kappa shape index (κ1) is 43.1. The summed E-state index contributed by atoms with van der Waals surface area (Å²) in [5, 5.41) is 10.8. The van der Waals surface area contributed by atoms with E-state index in [1.54, 1.807) is 51.4 Å². The van der Waals surface area contributed by atoms with E-state index < -0.39 is 59.7 Å². The van der Waals surface area contributed by atoms with Crippen molar-refractivity contribution in [2.24, 2.45) is 11.8 Å². The third-order valence-electron chi connectivity index (χ3n) is 6.66. The standard InChI is InChI=1S/C32H44N4O8S2.Fe/c1-19(2)15-23(33-27(37)21-11-7-8-12-21)29(39)35-25(31(41)43-5)17-45-46-18-26(32(42)44-6)36-30(40)24(16-20(3)4)34-28(38)22-13-9-10-14-22;/h7-14,19-20,23-26H,15-18H2,1-6H3,(H,33,37)(H,34,38)(H,35,39)(H,36,40);/q;+2/t23-,24-,25-,26-;/m0./s1. The van der Waals surface area contributed by atoms with Crippen molar-refractivity contribution >= 4 is 57.2 Å². The van der Waals surface area contributed by atoms with Gasteiger partial charge in [-0.15, -0.1) is 0 Å². The summed E-state index contributed by atoms with van der Waals surface area (Å²) < 4.78 is 9.78. The molecule has 0 saturated heterocycles. The van der Waals surface area contributed by atoms with Gasteiger partial charge in [-0.1, -0.05) is 49.3 Å². The largest absolute Gasteiger partial charge is 2.00 e. The maximum atomic E-state index is 13.2. The number of carbonyl (C=O) groups excluding carboxylic acids is 6. The van der Waals surface area contributed by atoms with Crippen LogP contribution in [0.3, 0.4) is 0 Å². The van der Waals surface area contributed by atoms with E-state index in [0.717, 1.165) is 0 Å². The summed E-state index contributed by atoms with van der Waals surface area (Å²) in [6, 6.07) is -3.86. The number of ether oxygens (including phenoxy) is 2. The van der Waals surface area contributed by atoms with E-state index in [4.69, 9.17) is 9.47 Å². The molecule has 2 aliphatic rings. The predicted octanol–water partition coefficient (Wildman–Crippen LogP) is 1.55. The smallest absolute Gasteiger partial charge is 0.467 e. The Hall–Kier alpha value is -1.96. The van der Waals surface area contributed by atoms with Crippen LogP contribution in [-0.2, 0) is 55.3 Å². The molecule has 2 aliphatic carbocycles. The van der Waals surface area contributed by atoms with Crippen LogP contribution >= 0.6 is 21.6 Å². The summed E-state index contributed by atoms with van der Waals surface area (Å²) >= 11 is 0. The summed E-state index contributed by atoms with van der Waals surface area (Å²) in [7, 11) is 4.77. The van der Waals surface area contributed by atoms with Gasteiger partial charge in [0, 0.05) is 11.5 Å². The molecule has 47 heavy (non-hydrogen) atoms. The van der Waals surface area contributed by atoms with Gasteiger partial charge < -0.3 is 30.7 Å². The summed E-state index contributed by atoms with van der Waals surface area (Å²) in [5.74, 6) is -2.09. The number of carbonyl (C=O) groups is 6. The molecule has 0 unspecified atom stereocenters. The van der Waals surface area contributed by atoms with Gasteiger partial charge in [-0.25, -0.2) is 9.59 Å². The van der Waals surface area contributed by atoms with E-state index in [9.17, 15) is 28.8 Å². The quantitative estimate of drug-likeness (QED) is 0.0662. The fraction of sp³-hybridized carbons (Fsp3) is 0.500. The minimum Gasteiger partial charge on any atom is -0.467 e. The van der Waals surface area contributed by atoms with Crippen LogP contribution in [0.5, 0.6) is 0 Å². The third kappa shape index (κ3) is 15.4. The van der Waals surface area contributed by atoms with Gasteiger partial charge in [-0.3, -0.25) is 19.2 Å². The Labute approximate surface area is 298 Å². The van der Waals surface area contributed by atoms with Crippen molar-refractivity contribution in [3.63, 3.8) is 0 Å². The second kappa shape index (κ2) is 22.6. The molecule has 15 heteroatoms. The van der Waals surface area contributed by atoms with Gasteiger partial charge in [0.15, 0.2) is 0 Å². The van der Waals surface area contributed by atoms with Crippen molar-refractivity contribution in [2.45, 2.75) is 64.7 Å². The molecular formula is C32H44FeN4O8S2+2. The van der Waals surface area contributed by atoms with E-state index in [0.29, 0.717) is 24.7 Å². The molecule has 4 N–H and O–H groups in total. The Morgan fingerprint density at radius 2 is 0.894 bits per heavy atom. The van der Waals surface area contributed by atoms with Crippen LogP contribution < -0.4 is 21.3 Å². The van der Waals surface area contributed by atoms with Crippen molar-refractivity contribution in [3.05, 3.63) is 63.2 Å². The SMILES string of the molecule is COC(=O)[C@H](CSSC[C@H](NC(=O)[C@H](CC(C)C)NC(=O)[C]1[CH][CH][CH][CH]1)C(=O)OC)NC(=O)[C@H](CC(C)C)NC(=O)[C]1[CH][CH][CH][CH]1.[Fe+2]. The molecule has 0 aliphatic heterocycles. The molecule has 4 amide bonds. The fourth-order valence-electron chi connectivity index (χ4n) is 4.34. The van der Waals surface area contributed by atoms with Crippen LogP contribution in [0.25, 0.3) is 0 Å². The second-order valence-corrected chi connectivity index (χ2v) is 13.9. The molecular weight excluding hydrogens is 688 g/mol. The molecule has 0 aromatic heterocycles. The van der Waals surface area contributed by atoms with Gasteiger partial charge in [0.05, 0.1) is 26.1 Å². The number of rotatable bonds is 19. The summed E-state index contributed by atoms with van der Waals surface area (Å²) in [4.78, 5) is 76.8. The summed E-state index contributed by atoms with van der Waals surface area (Å²) in [5.41, 5.74) is 0. The molecule has 4 atom stereocenters. The summed E-state index contributed by atoms with van der Waals surface area (Å²) in [6.07, 6.45) is 14.1. The fourth-order valence-corrected chi connectivity index (χ4v) is 6.64. The van der Waals surface area contributed by atoms with Crippen molar-refractivity contribution in [2.75, 3.05) is 25.7 Å². The monoisotopic (exact) mass is 732 g/mol. The second-order valence-electron chi connectivity index (χ2n) is 11.4. The van der Waals surface area contributed by atoms with Crippen LogP contribution in [0.2, 0.25) is 0 Å². The van der Waals surface area contributed by atoms with Crippen LogP contribution in [0.15, 0.2) is 0 Å². The van der Waals surface area contributed by atoms with Crippen molar-refractivity contribution < 1.29 is 55.3 Å². The average Bonchev–Trinajstić information content (AvgIpc) is 3.75. The Morgan fingerprint density at radius 1 is 0.574 bits per heavy atom. The number of hydrogen-bond donors (Lipinski definition) is 4. The number of esters is 2. The van der Waals surface area contributed by atoms with Crippen molar-refractivity contribution in [3.8, 4) is 0 Å². The molecule has 0 aromatic carbocycles. The van der Waals surface area contributed by atoms with Crippen molar-refractivity contribution in [1.29, 1.82) is 0 Å². The molecule has 10 radical (unpaired) electrons. The van der Waals surface area contributed by atoms with Gasteiger partial charge in [-0.05, 0) is 76.0 Å². The maximum Gasteiger partial charge on any atom is 2.00 e. The summed E-state index contributed by atoms with van der Waals surface area (Å²) in [6.45, 7) is 7.66. The third-order valence-corrected chi connectivity index (χ3v) is 9.09. The number of amides is 4. The molecule has 0 aromatic rings. The zero-order valence-electron chi connectivity index (χ0n) is 27.3. The Kier molecular flexibility index (Phi) is 20.7. The molecule has 0 spiro atoms. The first-order chi connectivity index (χ1) is 21.9. The normalized spacial score (nSPS) is 17.6. The Balaban J connectivity index is 0.0000110. The first-order valence-electron chi connectivity index (χ1n) is 14.9. The Bertz CT molecular complexity index is 959. The van der Waals surface area contributed by atoms with Gasteiger partial charge in [0.2, 0.25) is 23.6 Å². The minimum atomic E-state index is -1.05. The zero-order valence-corrected chi connectivity index (χ0v) is 30.1. The van der Waals surface area contributed by atoms with E-state index in [1.165, 1.54) is 35.8 Å². The van der Waals surface area contributed by atoms with Crippen LogP contribution in [0, 0.1) is 75.0 Å². The molecule has 2 saturated carbocycles. The van der Waals surface area contributed by atoms with Crippen molar-refractivity contribution in [1.82, 2.24) is 21.3 Å². The molecule has 0 heterocycles. The zero-order chi connectivity index (χ0) is 34.2. The number of hydrogen-bond acceptors (Lipinski definition) is 10. The minimum absolute atomic E-state index is 0. The topological polar surface area (TPSA) is 169 Å². The predicted molar refractivity (Wildman–Crippen MR) is 176 cm³/mol. The van der Waals surface area contributed by atoms with Crippen LogP contribution in [-0.4, -0.2) is 85.5 Å². The molecule has 2 fully saturated rings. The molecule has 0 bridgehead atoms. The van der Waals surface area contributed by atoms with Gasteiger partial charge in [0.1, 0.15) is 24.2 Å².